The van der Waals surface area contributed by atoms with Gasteiger partial charge in [0, 0.05) is 89.3 Å². The minimum absolute atomic E-state index is 0. The molecule has 0 radical (unpaired) electrons. The molecule has 7 aliphatic heterocycles. The van der Waals surface area contributed by atoms with E-state index >= 15 is 0 Å². The Balaban J connectivity index is 0.000000176. The number of fused-ring (bicyclic) bond motifs is 4. The van der Waals surface area contributed by atoms with E-state index < -0.39 is 40.6 Å². The topological polar surface area (TPSA) is 229 Å². The number of carbonyl (C=O) groups is 2. The predicted octanol–water partition coefficient (Wildman–Crippen LogP) is 15.8. The van der Waals surface area contributed by atoms with Crippen molar-refractivity contribution in [3.63, 3.8) is 0 Å². The zero-order valence-corrected chi connectivity index (χ0v) is 61.7. The monoisotopic (exact) mass is 1650 g/mol. The number of nitriles is 1. The van der Waals surface area contributed by atoms with E-state index in [1.807, 2.05) is 82.3 Å². The van der Waals surface area contributed by atoms with Gasteiger partial charge in [0.1, 0.15) is 22.7 Å². The minimum atomic E-state index is -1.17. The molecule has 94 heavy (non-hydrogen) atoms. The molecule has 492 valence electrons. The maximum absolute atomic E-state index is 13.5. The number of benzene rings is 6. The number of carbonyl (C=O) groups excluding carboxylic acids is 2. The van der Waals surface area contributed by atoms with Gasteiger partial charge in [0.15, 0.2) is 34.4 Å². The number of rotatable bonds is 2. The molecule has 0 aromatic heterocycles. The summed E-state index contributed by atoms with van der Waals surface area (Å²) in [7, 11) is 2.82. The summed E-state index contributed by atoms with van der Waals surface area (Å²) < 4.78 is 39.7. The van der Waals surface area contributed by atoms with Crippen molar-refractivity contribution in [3.8, 4) is 28.7 Å². The largest absolute Gasteiger partial charge is 1.00 e. The van der Waals surface area contributed by atoms with Gasteiger partial charge < -0.3 is 51.6 Å². The van der Waals surface area contributed by atoms with Gasteiger partial charge in [0.2, 0.25) is 0 Å². The Hall–Kier alpha value is -5.74. The molecule has 13 rings (SSSR count). The molecule has 4 unspecified atom stereocenters. The van der Waals surface area contributed by atoms with E-state index in [-0.39, 0.29) is 40.8 Å². The van der Waals surface area contributed by atoms with E-state index in [1.54, 1.807) is 68.7 Å². The van der Waals surface area contributed by atoms with Crippen LogP contribution in [0.1, 0.15) is 82.9 Å². The Bertz CT molecular complexity index is 4020. The minimum Gasteiger partial charge on any atom is -0.512 e. The first-order valence-electron chi connectivity index (χ1n) is 28.6. The molecule has 4 N–H and O–H groups in total. The molecule has 3 fully saturated rings. The third-order valence-electron chi connectivity index (χ3n) is 16.5. The van der Waals surface area contributed by atoms with Crippen molar-refractivity contribution < 1.29 is 54.9 Å². The van der Waals surface area contributed by atoms with Crippen LogP contribution < -0.4 is 26.4 Å². The molecule has 0 aliphatic carbocycles. The van der Waals surface area contributed by atoms with E-state index in [4.69, 9.17) is 111 Å². The normalized spacial score (nSPS) is 22.8. The second-order valence-corrected chi connectivity index (χ2v) is 29.0. The molecule has 6 aromatic carbocycles. The van der Waals surface area contributed by atoms with E-state index in [1.165, 1.54) is 9.80 Å². The fraction of sp³-hybridized carbons (Fsp3) is 0.333. The number of halogens is 8. The number of aliphatic imine (C=N–C) groups is 2. The van der Waals surface area contributed by atoms with Crippen LogP contribution in [0.3, 0.4) is 0 Å². The molecule has 0 saturated carbocycles. The van der Waals surface area contributed by atoms with Gasteiger partial charge in [-0.15, -0.1) is 0 Å². The zero-order chi connectivity index (χ0) is 68.0. The van der Waals surface area contributed by atoms with Gasteiger partial charge in [-0.25, -0.2) is 19.7 Å². The number of nitrogens with zero attached hydrogens (tertiary/aromatic N) is 8. The van der Waals surface area contributed by atoms with Crippen molar-refractivity contribution in [3.05, 3.63) is 193 Å². The third kappa shape index (κ3) is 16.8. The maximum Gasteiger partial charge on any atom is 1.00 e. The maximum atomic E-state index is 13.5. The number of guanidine groups is 2. The van der Waals surface area contributed by atoms with E-state index in [0.717, 1.165) is 77.4 Å². The number of amides is 2. The first kappa shape index (κ1) is 75.6. The second-order valence-electron chi connectivity index (χ2n) is 23.6. The molecule has 18 nitrogen and oxygen atoms in total. The van der Waals surface area contributed by atoms with Gasteiger partial charge in [0.25, 0.3) is 11.8 Å². The summed E-state index contributed by atoms with van der Waals surface area (Å²) in [5.74, 6) is 1.43. The number of hydrogen-bond donors (Lipinski definition) is 2. The van der Waals surface area contributed by atoms with Gasteiger partial charge in [-0.3, -0.25) is 19.4 Å². The van der Waals surface area contributed by atoms with Crippen LogP contribution in [-0.2, 0) is 56.5 Å². The fourth-order valence-electron chi connectivity index (χ4n) is 11.5. The van der Waals surface area contributed by atoms with Crippen LogP contribution in [0.15, 0.2) is 137 Å². The quantitative estimate of drug-likeness (QED) is 0.122. The first-order valence-corrected chi connectivity index (χ1v) is 33.3. The Kier molecular flexibility index (Phi) is 25.1. The smallest absolute Gasteiger partial charge is 0.512 e. The average Bonchev–Trinajstić information content (AvgIpc) is 1.44. The van der Waals surface area contributed by atoms with Gasteiger partial charge in [-0.05, 0) is 167 Å². The summed E-state index contributed by atoms with van der Waals surface area (Å²) in [5, 5.41) is 17.9. The van der Waals surface area contributed by atoms with E-state index in [9.17, 15) is 14.9 Å². The summed E-state index contributed by atoms with van der Waals surface area (Å²) in [5.41, 5.74) is 13.2. The van der Waals surface area contributed by atoms with Crippen molar-refractivity contribution in [2.24, 2.45) is 21.5 Å². The Morgan fingerprint density at radius 1 is 0.585 bits per heavy atom. The Morgan fingerprint density at radius 3 is 1.47 bits per heavy atom. The van der Waals surface area contributed by atoms with Crippen LogP contribution in [0.25, 0.3) is 20.8 Å². The van der Waals surface area contributed by atoms with Gasteiger partial charge >= 0.3 is 24.2 Å². The summed E-state index contributed by atoms with van der Waals surface area (Å²) in [6, 6.07) is 34.5. The molecule has 3 saturated heterocycles. The molecule has 6 aromatic rings. The van der Waals surface area contributed by atoms with Crippen LogP contribution in [-0.4, -0.2) is 104 Å². The molecular formula is C66H60BBr4Cl4CuN10O8. The van der Waals surface area contributed by atoms with Crippen molar-refractivity contribution in [2.45, 2.75) is 99.7 Å². The zero-order valence-electron chi connectivity index (χ0n) is 51.4. The molecular weight excluding hydrogens is 1600 g/mol. The Morgan fingerprint density at radius 2 is 1.03 bits per heavy atom. The molecule has 4 atom stereocenters. The summed E-state index contributed by atoms with van der Waals surface area (Å²) >= 11 is 36.8. The van der Waals surface area contributed by atoms with Gasteiger partial charge in [-0.1, -0.05) is 122 Å². The summed E-state index contributed by atoms with van der Waals surface area (Å²) in [6.45, 7) is 28.7. The van der Waals surface area contributed by atoms with Crippen LogP contribution in [0, 0.1) is 36.3 Å². The van der Waals surface area contributed by atoms with Crippen molar-refractivity contribution in [1.82, 2.24) is 9.80 Å². The van der Waals surface area contributed by atoms with Gasteiger partial charge in [-0.2, -0.15) is 5.26 Å². The second kappa shape index (κ2) is 31.2. The van der Waals surface area contributed by atoms with E-state index in [0.29, 0.717) is 81.7 Å². The summed E-state index contributed by atoms with van der Waals surface area (Å²) in [6.07, 6.45) is 4.20. The average molecular weight is 1660 g/mol. The molecule has 7 heterocycles. The predicted molar refractivity (Wildman–Crippen MR) is 375 cm³/mol. The molecule has 7 aliphatic rings. The van der Waals surface area contributed by atoms with E-state index in [2.05, 4.69) is 89.5 Å². The SMILES string of the molecule is CN1C(=O)C2(CC3(CCCOC3)Oc3ccc(-c4cc(Cl)cc(C#N)c4)cc32)N=C1N.CN1C(=O)C2(CC3(CCCOC3)Oc3ccc(Br)cc32)N=C1N.Clc1cc(Br)cc(Br)c1.[C-]#N.[C-]#[N+]c1cc(Cl)cc(B2OC(C)(C)C(C)(C)O2)c1.[C-]#[N+]c1cc(Cl)cc(Br)c1.[Cu+]. The van der Waals surface area contributed by atoms with Crippen LogP contribution >= 0.6 is 110 Å². The number of ether oxygens (including phenoxy) is 4. The molecule has 0 bridgehead atoms. The number of nitrogens with two attached hydrogens (primary N) is 2. The van der Waals surface area contributed by atoms with Crippen molar-refractivity contribution in [2.75, 3.05) is 40.5 Å². The first-order chi connectivity index (χ1) is 44.0. The molecule has 2 amide bonds. The number of likely N-dealkylation sites (N-methyl/N-ethyl adjacent to an activating group) is 2. The van der Waals surface area contributed by atoms with Crippen LogP contribution in [0.5, 0.6) is 11.5 Å². The molecule has 28 heteroatoms. The molecule has 4 spiro atoms. The van der Waals surface area contributed by atoms with Crippen molar-refractivity contribution >= 4 is 158 Å². The third-order valence-corrected chi connectivity index (χ3v) is 19.3. The van der Waals surface area contributed by atoms with Gasteiger partial charge in [0.05, 0.1) is 49.2 Å². The van der Waals surface area contributed by atoms with Crippen LogP contribution in [0.2, 0.25) is 20.1 Å². The summed E-state index contributed by atoms with van der Waals surface area (Å²) in [4.78, 5) is 45.2. The van der Waals surface area contributed by atoms with Crippen molar-refractivity contribution in [1.29, 1.82) is 10.5 Å². The fourth-order valence-corrected chi connectivity index (χ4v) is 15.0. The Labute approximate surface area is 611 Å². The standard InChI is InChI=1S/C23H21ClN4O3.C16H18BrN3O3.C13H15BClNO2.C7H3BrClN.C6H3Br2Cl.CN.Cu/c1-28-20(29)23(27-21(28)26)12-22(5-2-6-30-13-22)31-19-4-3-15(10-18(19)23)16-7-14(11-25)8-17(24)9-16;1-20-13(21)16(19-14(20)18)8-15(5-2-6-22-9-15)23-12-4-3-10(17)7-11(12)16;1-12(2)13(3,4)18-14(17-12)9-6-10(15)8-11(7-9)16-5;1-10-7-3-5(8)2-6(9)4-7;7-4-1-5(8)3-6(9)2-4;1-2;/h3-4,7-10H,2,5-6,12-13H2,1H3,(H2,26,27);3-4,7H,2,5-6,8-9H2,1H3,(H2,18,19);6-8H,1-4H3;2-4H;1-3H;;/q;;;;;-1;+1. The van der Waals surface area contributed by atoms with Crippen LogP contribution in [0.4, 0.5) is 11.4 Å². The number of hydrogen-bond acceptors (Lipinski definition) is 14.